The minimum absolute atomic E-state index is 0.258. The summed E-state index contributed by atoms with van der Waals surface area (Å²) >= 11 is 0. The smallest absolute Gasteiger partial charge is 0.142 e. The Kier molecular flexibility index (Phi) is 4.66. The van der Waals surface area contributed by atoms with Gasteiger partial charge in [-0.3, -0.25) is 0 Å². The fourth-order valence-corrected chi connectivity index (χ4v) is 3.10. The lowest BCUT2D eigenvalue weighted by Crippen LogP contribution is -2.39. The highest BCUT2D eigenvalue weighted by atomic mass is 16.5. The molecule has 0 saturated carbocycles. The zero-order valence-electron chi connectivity index (χ0n) is 12.9. The Labute approximate surface area is 127 Å². The van der Waals surface area contributed by atoms with Gasteiger partial charge in [0.15, 0.2) is 0 Å². The first-order valence-corrected chi connectivity index (χ1v) is 8.08. The minimum Gasteiger partial charge on any atom is -0.489 e. The molecular weight excluding hydrogens is 264 g/mol. The van der Waals surface area contributed by atoms with Crippen molar-refractivity contribution in [2.45, 2.75) is 44.8 Å². The fourth-order valence-electron chi connectivity index (χ4n) is 3.10. The standard InChI is InChI=1S/C17H26N2O2/c1-13-4-5-17(21-12-15-3-2-10-20-15)16(11-13)19-8-6-14(18)7-9-19/h4-5,11,14-15H,2-3,6-10,12,18H2,1H3. The van der Waals surface area contributed by atoms with Crippen LogP contribution < -0.4 is 15.4 Å². The zero-order chi connectivity index (χ0) is 14.7. The number of hydrogen-bond donors (Lipinski definition) is 1. The Morgan fingerprint density at radius 1 is 1.29 bits per heavy atom. The Bertz CT molecular complexity index is 464. The third-order valence-electron chi connectivity index (χ3n) is 4.44. The first-order valence-electron chi connectivity index (χ1n) is 8.08. The van der Waals surface area contributed by atoms with Crippen LogP contribution in [0.15, 0.2) is 18.2 Å². The first kappa shape index (κ1) is 14.7. The molecule has 1 aromatic rings. The van der Waals surface area contributed by atoms with E-state index in [4.69, 9.17) is 15.2 Å². The number of ether oxygens (including phenoxy) is 2. The predicted molar refractivity (Wildman–Crippen MR) is 85.1 cm³/mol. The molecule has 1 unspecified atom stereocenters. The molecule has 0 aliphatic carbocycles. The average Bonchev–Trinajstić information content (AvgIpc) is 3.00. The number of hydrogen-bond acceptors (Lipinski definition) is 4. The molecule has 1 aromatic carbocycles. The molecular formula is C17H26N2O2. The molecule has 0 aromatic heterocycles. The van der Waals surface area contributed by atoms with E-state index in [0.29, 0.717) is 12.6 Å². The van der Waals surface area contributed by atoms with E-state index < -0.39 is 0 Å². The molecule has 21 heavy (non-hydrogen) atoms. The first-order chi connectivity index (χ1) is 10.2. The third kappa shape index (κ3) is 3.69. The summed E-state index contributed by atoms with van der Waals surface area (Å²) in [7, 11) is 0. The van der Waals surface area contributed by atoms with Gasteiger partial charge in [-0.1, -0.05) is 6.07 Å². The molecule has 2 aliphatic heterocycles. The van der Waals surface area contributed by atoms with Crippen molar-refractivity contribution in [2.24, 2.45) is 5.73 Å². The molecule has 2 saturated heterocycles. The number of nitrogens with zero attached hydrogens (tertiary/aromatic N) is 1. The number of benzene rings is 1. The quantitative estimate of drug-likeness (QED) is 0.925. The van der Waals surface area contributed by atoms with Crippen LogP contribution in [0, 0.1) is 6.92 Å². The van der Waals surface area contributed by atoms with Crippen LogP contribution in [0.25, 0.3) is 0 Å². The summed E-state index contributed by atoms with van der Waals surface area (Å²) in [6, 6.07) is 6.78. The molecule has 0 amide bonds. The van der Waals surface area contributed by atoms with Crippen LogP contribution in [0.5, 0.6) is 5.75 Å². The average molecular weight is 290 g/mol. The van der Waals surface area contributed by atoms with Crippen molar-refractivity contribution in [3.8, 4) is 5.75 Å². The van der Waals surface area contributed by atoms with Crippen molar-refractivity contribution in [1.29, 1.82) is 0 Å². The number of aryl methyl sites for hydroxylation is 1. The summed E-state index contributed by atoms with van der Waals surface area (Å²) in [4.78, 5) is 2.40. The van der Waals surface area contributed by atoms with Gasteiger partial charge in [0.05, 0.1) is 11.8 Å². The van der Waals surface area contributed by atoms with E-state index in [1.807, 2.05) is 0 Å². The van der Waals surface area contributed by atoms with E-state index >= 15 is 0 Å². The van der Waals surface area contributed by atoms with Crippen LogP contribution >= 0.6 is 0 Å². The maximum Gasteiger partial charge on any atom is 0.142 e. The van der Waals surface area contributed by atoms with E-state index in [0.717, 1.165) is 51.1 Å². The molecule has 2 aliphatic rings. The highest BCUT2D eigenvalue weighted by Crippen LogP contribution is 2.32. The van der Waals surface area contributed by atoms with Gasteiger partial charge >= 0.3 is 0 Å². The molecule has 116 valence electrons. The summed E-state index contributed by atoms with van der Waals surface area (Å²) in [6.07, 6.45) is 4.63. The van der Waals surface area contributed by atoms with Gasteiger partial charge in [0, 0.05) is 25.7 Å². The van der Waals surface area contributed by atoms with Gasteiger partial charge in [-0.05, 0) is 50.3 Å². The largest absolute Gasteiger partial charge is 0.489 e. The highest BCUT2D eigenvalue weighted by Gasteiger charge is 2.21. The van der Waals surface area contributed by atoms with Crippen LogP contribution in [0.2, 0.25) is 0 Å². The van der Waals surface area contributed by atoms with Crippen molar-refractivity contribution >= 4 is 5.69 Å². The SMILES string of the molecule is Cc1ccc(OCC2CCCO2)c(N2CCC(N)CC2)c1. The topological polar surface area (TPSA) is 47.7 Å². The van der Waals surface area contributed by atoms with Gasteiger partial charge in [0.25, 0.3) is 0 Å². The van der Waals surface area contributed by atoms with E-state index in [1.165, 1.54) is 11.3 Å². The lowest BCUT2D eigenvalue weighted by molar-refractivity contribution is 0.0681. The maximum atomic E-state index is 6.06. The van der Waals surface area contributed by atoms with Crippen LogP contribution in [-0.2, 0) is 4.74 Å². The van der Waals surface area contributed by atoms with E-state index in [9.17, 15) is 0 Å². The molecule has 2 N–H and O–H groups in total. The van der Waals surface area contributed by atoms with Gasteiger partial charge in [-0.15, -0.1) is 0 Å². The Balaban J connectivity index is 1.70. The second-order valence-corrected chi connectivity index (χ2v) is 6.24. The molecule has 3 rings (SSSR count). The minimum atomic E-state index is 0.258. The normalized spacial score (nSPS) is 23.5. The van der Waals surface area contributed by atoms with E-state index in [1.54, 1.807) is 0 Å². The van der Waals surface area contributed by atoms with Gasteiger partial charge in [0.2, 0.25) is 0 Å². The highest BCUT2D eigenvalue weighted by molar-refractivity contribution is 5.60. The van der Waals surface area contributed by atoms with Crippen molar-refractivity contribution in [3.63, 3.8) is 0 Å². The third-order valence-corrected chi connectivity index (χ3v) is 4.44. The van der Waals surface area contributed by atoms with Crippen LogP contribution in [0.3, 0.4) is 0 Å². The number of nitrogens with two attached hydrogens (primary N) is 1. The van der Waals surface area contributed by atoms with Crippen molar-refractivity contribution < 1.29 is 9.47 Å². The zero-order valence-corrected chi connectivity index (χ0v) is 12.9. The monoisotopic (exact) mass is 290 g/mol. The molecule has 2 heterocycles. The number of piperidine rings is 1. The van der Waals surface area contributed by atoms with E-state index in [-0.39, 0.29) is 6.10 Å². The molecule has 0 spiro atoms. The Morgan fingerprint density at radius 2 is 2.10 bits per heavy atom. The van der Waals surface area contributed by atoms with Crippen molar-refractivity contribution in [2.75, 3.05) is 31.2 Å². The summed E-state index contributed by atoms with van der Waals surface area (Å²) in [5, 5.41) is 0. The predicted octanol–water partition coefficient (Wildman–Crippen LogP) is 2.48. The second-order valence-electron chi connectivity index (χ2n) is 6.24. The van der Waals surface area contributed by atoms with Crippen LogP contribution in [0.1, 0.15) is 31.2 Å². The second kappa shape index (κ2) is 6.67. The van der Waals surface area contributed by atoms with Crippen molar-refractivity contribution in [3.05, 3.63) is 23.8 Å². The van der Waals surface area contributed by atoms with Gasteiger partial charge in [0.1, 0.15) is 12.4 Å². The Hall–Kier alpha value is -1.26. The lowest BCUT2D eigenvalue weighted by Gasteiger charge is -2.33. The summed E-state index contributed by atoms with van der Waals surface area (Å²) in [6.45, 7) is 5.69. The van der Waals surface area contributed by atoms with Crippen LogP contribution in [-0.4, -0.2) is 38.4 Å². The van der Waals surface area contributed by atoms with Gasteiger partial charge in [-0.2, -0.15) is 0 Å². The number of rotatable bonds is 4. The molecule has 4 heteroatoms. The fraction of sp³-hybridized carbons (Fsp3) is 0.647. The summed E-state index contributed by atoms with van der Waals surface area (Å²) < 4.78 is 11.7. The molecule has 0 radical (unpaired) electrons. The lowest BCUT2D eigenvalue weighted by atomic mass is 10.0. The molecule has 2 fully saturated rings. The summed E-state index contributed by atoms with van der Waals surface area (Å²) in [5.74, 6) is 0.978. The van der Waals surface area contributed by atoms with E-state index in [2.05, 4.69) is 30.0 Å². The molecule has 4 nitrogen and oxygen atoms in total. The van der Waals surface area contributed by atoms with Crippen LogP contribution in [0.4, 0.5) is 5.69 Å². The van der Waals surface area contributed by atoms with Gasteiger partial charge in [-0.25, -0.2) is 0 Å². The van der Waals surface area contributed by atoms with Crippen molar-refractivity contribution in [1.82, 2.24) is 0 Å². The summed E-state index contributed by atoms with van der Waals surface area (Å²) in [5.41, 5.74) is 8.49. The maximum absolute atomic E-state index is 6.06. The van der Waals surface area contributed by atoms with Gasteiger partial charge < -0.3 is 20.1 Å². The Morgan fingerprint density at radius 3 is 2.81 bits per heavy atom. The molecule has 1 atom stereocenters. The molecule has 0 bridgehead atoms. The number of anilines is 1.